The minimum absolute atomic E-state index is 0. The molecule has 1 atom stereocenters. The van der Waals surface area contributed by atoms with Crippen LogP contribution in [-0.2, 0) is 6.54 Å². The van der Waals surface area contributed by atoms with E-state index in [1.807, 2.05) is 18.3 Å². The molecule has 1 fully saturated rings. The van der Waals surface area contributed by atoms with Crippen LogP contribution in [0, 0.1) is 10.1 Å². The summed E-state index contributed by atoms with van der Waals surface area (Å²) in [6.07, 6.45) is 3.66. The maximum absolute atomic E-state index is 11.5. The van der Waals surface area contributed by atoms with Crippen molar-refractivity contribution >= 4 is 18.1 Å². The number of nitro benzene ring substituents is 1. The van der Waals surface area contributed by atoms with Gasteiger partial charge in [-0.2, -0.15) is 0 Å². The summed E-state index contributed by atoms with van der Waals surface area (Å²) >= 11 is 0. The summed E-state index contributed by atoms with van der Waals surface area (Å²) < 4.78 is 11.1. The molecular weight excluding hydrogens is 408 g/mol. The normalized spacial score (nSPS) is 16.6. The van der Waals surface area contributed by atoms with E-state index in [0.717, 1.165) is 31.0 Å². The molecule has 0 radical (unpaired) electrons. The van der Waals surface area contributed by atoms with Gasteiger partial charge in [0.15, 0.2) is 0 Å². The highest BCUT2D eigenvalue weighted by atomic mass is 35.5. The molecule has 1 N–H and O–H groups in total. The molecule has 30 heavy (non-hydrogen) atoms. The molecule has 1 aromatic carbocycles. The fourth-order valence-electron chi connectivity index (χ4n) is 3.64. The minimum atomic E-state index is -0.422. The first-order chi connectivity index (χ1) is 14.2. The third-order valence-corrected chi connectivity index (χ3v) is 5.11. The molecule has 2 aromatic heterocycles. The van der Waals surface area contributed by atoms with E-state index in [2.05, 4.69) is 21.3 Å². The van der Waals surface area contributed by atoms with E-state index in [1.165, 1.54) is 13.2 Å². The van der Waals surface area contributed by atoms with Crippen LogP contribution in [0.2, 0.25) is 0 Å². The van der Waals surface area contributed by atoms with Gasteiger partial charge in [0.25, 0.3) is 5.69 Å². The number of methoxy groups -OCH3 is 1. The highest BCUT2D eigenvalue weighted by Crippen LogP contribution is 2.35. The van der Waals surface area contributed by atoms with Gasteiger partial charge in [0, 0.05) is 38.1 Å². The average molecular weight is 431 g/mol. The number of furan rings is 1. The van der Waals surface area contributed by atoms with Gasteiger partial charge in [-0.15, -0.1) is 12.4 Å². The highest BCUT2D eigenvalue weighted by Gasteiger charge is 2.25. The molecule has 8 nitrogen and oxygen atoms in total. The third-order valence-electron chi connectivity index (χ3n) is 5.11. The second-order valence-corrected chi connectivity index (χ2v) is 6.88. The van der Waals surface area contributed by atoms with Crippen molar-refractivity contribution in [2.75, 3.05) is 26.7 Å². The molecule has 0 saturated carbocycles. The number of nitro groups is 1. The predicted molar refractivity (Wildman–Crippen MR) is 115 cm³/mol. The minimum Gasteiger partial charge on any atom is -0.497 e. The molecule has 1 aliphatic rings. The monoisotopic (exact) mass is 430 g/mol. The van der Waals surface area contributed by atoms with Crippen LogP contribution in [0.15, 0.2) is 59.3 Å². The molecule has 1 saturated heterocycles. The van der Waals surface area contributed by atoms with Gasteiger partial charge in [0.05, 0.1) is 30.2 Å². The molecule has 4 rings (SSSR count). The van der Waals surface area contributed by atoms with Crippen molar-refractivity contribution in [1.29, 1.82) is 0 Å². The number of benzene rings is 1. The molecule has 158 valence electrons. The number of aromatic nitrogens is 1. The lowest BCUT2D eigenvalue weighted by atomic mass is 10.1. The number of nitrogens with zero attached hydrogens (tertiary/aromatic N) is 3. The first kappa shape index (κ1) is 21.8. The molecule has 0 spiro atoms. The van der Waals surface area contributed by atoms with E-state index >= 15 is 0 Å². The quantitative estimate of drug-likeness (QED) is 0.469. The van der Waals surface area contributed by atoms with Crippen molar-refractivity contribution in [2.45, 2.75) is 12.6 Å². The number of rotatable bonds is 6. The molecule has 3 aromatic rings. The van der Waals surface area contributed by atoms with Crippen molar-refractivity contribution in [2.24, 2.45) is 0 Å². The second-order valence-electron chi connectivity index (χ2n) is 6.88. The van der Waals surface area contributed by atoms with Gasteiger partial charge in [-0.05, 0) is 35.9 Å². The van der Waals surface area contributed by atoms with Gasteiger partial charge in [-0.1, -0.05) is 6.07 Å². The lowest BCUT2D eigenvalue weighted by Crippen LogP contribution is -2.45. The Labute approximate surface area is 180 Å². The van der Waals surface area contributed by atoms with Gasteiger partial charge in [0.2, 0.25) is 0 Å². The number of nitrogens with one attached hydrogen (secondary N) is 1. The fourth-order valence-corrected chi connectivity index (χ4v) is 3.64. The Bertz CT molecular complexity index is 996. The van der Waals surface area contributed by atoms with Gasteiger partial charge < -0.3 is 14.5 Å². The average Bonchev–Trinajstić information content (AvgIpc) is 3.22. The van der Waals surface area contributed by atoms with E-state index in [-0.39, 0.29) is 24.1 Å². The number of hydrogen-bond acceptors (Lipinski definition) is 7. The van der Waals surface area contributed by atoms with Crippen molar-refractivity contribution < 1.29 is 14.1 Å². The van der Waals surface area contributed by atoms with Gasteiger partial charge >= 0.3 is 0 Å². The van der Waals surface area contributed by atoms with Crippen molar-refractivity contribution in [3.05, 3.63) is 76.3 Å². The van der Waals surface area contributed by atoms with E-state index in [0.29, 0.717) is 23.6 Å². The second kappa shape index (κ2) is 9.71. The number of halogens is 1. The van der Waals surface area contributed by atoms with Crippen LogP contribution in [0.4, 0.5) is 5.69 Å². The van der Waals surface area contributed by atoms with Gasteiger partial charge in [-0.3, -0.25) is 20.0 Å². The van der Waals surface area contributed by atoms with Crippen LogP contribution < -0.4 is 10.1 Å². The van der Waals surface area contributed by atoms with Crippen LogP contribution in [0.25, 0.3) is 11.3 Å². The molecule has 1 unspecified atom stereocenters. The van der Waals surface area contributed by atoms with Crippen molar-refractivity contribution in [1.82, 2.24) is 15.2 Å². The fraction of sp³-hybridized carbons (Fsp3) is 0.286. The standard InChI is InChI=1S/C21H22N4O4.ClH/c1-28-16-4-6-18(19(11-16)25(26)27)21-7-5-17(29-21)14-24-10-9-23-13-20(24)15-3-2-8-22-12-15;/h2-8,11-12,20,23H,9-10,13-14H2,1H3;1H. The Morgan fingerprint density at radius 1 is 1.33 bits per heavy atom. The van der Waals surface area contributed by atoms with Gasteiger partial charge in [0.1, 0.15) is 17.3 Å². The van der Waals surface area contributed by atoms with E-state index in [1.54, 1.807) is 24.4 Å². The molecular formula is C21H23ClN4O4. The Morgan fingerprint density at radius 2 is 2.20 bits per heavy atom. The SMILES string of the molecule is COc1ccc(-c2ccc(CN3CCNCC3c3cccnc3)o2)c([N+](=O)[O-])c1.Cl. The topological polar surface area (TPSA) is 93.7 Å². The number of piperazine rings is 1. The lowest BCUT2D eigenvalue weighted by molar-refractivity contribution is -0.384. The number of pyridine rings is 1. The number of hydrogen-bond donors (Lipinski definition) is 1. The zero-order chi connectivity index (χ0) is 20.2. The molecule has 1 aliphatic heterocycles. The summed E-state index contributed by atoms with van der Waals surface area (Å²) in [6.45, 7) is 3.22. The molecule has 0 amide bonds. The predicted octanol–water partition coefficient (Wildman–Crippen LogP) is 3.83. The summed E-state index contributed by atoms with van der Waals surface area (Å²) in [5, 5.41) is 14.9. The Kier molecular flexibility index (Phi) is 7.04. The summed E-state index contributed by atoms with van der Waals surface area (Å²) in [7, 11) is 1.48. The zero-order valence-electron chi connectivity index (χ0n) is 16.5. The maximum Gasteiger partial charge on any atom is 0.284 e. The summed E-state index contributed by atoms with van der Waals surface area (Å²) in [5.41, 5.74) is 1.55. The van der Waals surface area contributed by atoms with Crippen LogP contribution in [0.5, 0.6) is 5.75 Å². The Balaban J connectivity index is 0.00000256. The smallest absolute Gasteiger partial charge is 0.284 e. The van der Waals surface area contributed by atoms with Crippen molar-refractivity contribution in [3.63, 3.8) is 0 Å². The highest BCUT2D eigenvalue weighted by molar-refractivity contribution is 5.85. The lowest BCUT2D eigenvalue weighted by Gasteiger charge is -2.35. The zero-order valence-corrected chi connectivity index (χ0v) is 17.3. The molecule has 3 heterocycles. The van der Waals surface area contributed by atoms with Crippen LogP contribution in [0.3, 0.4) is 0 Å². The maximum atomic E-state index is 11.5. The first-order valence-electron chi connectivity index (χ1n) is 9.42. The third kappa shape index (κ3) is 4.62. The summed E-state index contributed by atoms with van der Waals surface area (Å²) in [6, 6.07) is 12.6. The van der Waals surface area contributed by atoms with E-state index < -0.39 is 4.92 Å². The van der Waals surface area contributed by atoms with E-state index in [9.17, 15) is 10.1 Å². The molecule has 0 aliphatic carbocycles. The van der Waals surface area contributed by atoms with Gasteiger partial charge in [-0.25, -0.2) is 0 Å². The van der Waals surface area contributed by atoms with Crippen LogP contribution >= 0.6 is 12.4 Å². The summed E-state index contributed by atoms with van der Waals surface area (Å²) in [4.78, 5) is 17.6. The van der Waals surface area contributed by atoms with Crippen LogP contribution in [-0.4, -0.2) is 41.6 Å². The Hall–Kier alpha value is -2.94. The number of ether oxygens (including phenoxy) is 1. The molecule has 9 heteroatoms. The largest absolute Gasteiger partial charge is 0.497 e. The van der Waals surface area contributed by atoms with Crippen LogP contribution in [0.1, 0.15) is 17.4 Å². The Morgan fingerprint density at radius 3 is 2.93 bits per heavy atom. The molecule has 0 bridgehead atoms. The summed E-state index contributed by atoms with van der Waals surface area (Å²) in [5.74, 6) is 1.68. The van der Waals surface area contributed by atoms with Crippen molar-refractivity contribution in [3.8, 4) is 17.1 Å². The van der Waals surface area contributed by atoms with E-state index in [4.69, 9.17) is 9.15 Å². The first-order valence-corrected chi connectivity index (χ1v) is 9.42.